The second-order valence-corrected chi connectivity index (χ2v) is 5.27. The van der Waals surface area contributed by atoms with Gasteiger partial charge in [-0.3, -0.25) is 9.59 Å². The van der Waals surface area contributed by atoms with Crippen LogP contribution in [0.5, 0.6) is 0 Å². The number of halogens is 2. The van der Waals surface area contributed by atoms with E-state index in [4.69, 9.17) is 5.11 Å². The summed E-state index contributed by atoms with van der Waals surface area (Å²) >= 11 is 0. The van der Waals surface area contributed by atoms with Crippen LogP contribution in [0.25, 0.3) is 0 Å². The molecule has 0 aliphatic heterocycles. The Morgan fingerprint density at radius 2 is 1.90 bits per heavy atom. The molecule has 7 heteroatoms. The molecule has 0 saturated heterocycles. The molecule has 1 saturated carbocycles. The van der Waals surface area contributed by atoms with E-state index in [2.05, 4.69) is 10.1 Å². The number of amides is 1. The van der Waals surface area contributed by atoms with Gasteiger partial charge < -0.3 is 15.2 Å². The van der Waals surface area contributed by atoms with Crippen molar-refractivity contribution in [3.05, 3.63) is 0 Å². The number of carbonyl (C=O) groups excluding carboxylic acids is 1. The average molecular weight is 293 g/mol. The van der Waals surface area contributed by atoms with Gasteiger partial charge in [0.1, 0.15) is 6.61 Å². The summed E-state index contributed by atoms with van der Waals surface area (Å²) in [7, 11) is 0. The van der Waals surface area contributed by atoms with Crippen molar-refractivity contribution < 1.29 is 28.2 Å². The van der Waals surface area contributed by atoms with E-state index in [0.29, 0.717) is 0 Å². The van der Waals surface area contributed by atoms with Crippen LogP contribution < -0.4 is 5.32 Å². The molecule has 0 bridgehead atoms. The Bertz CT molecular complexity index is 330. The van der Waals surface area contributed by atoms with Gasteiger partial charge in [0.05, 0.1) is 13.0 Å². The van der Waals surface area contributed by atoms with E-state index in [0.717, 1.165) is 25.7 Å². The van der Waals surface area contributed by atoms with Crippen molar-refractivity contribution in [3.63, 3.8) is 0 Å². The molecule has 1 fully saturated rings. The minimum atomic E-state index is -2.51. The van der Waals surface area contributed by atoms with E-state index in [9.17, 15) is 18.4 Å². The molecule has 0 aromatic heterocycles. The summed E-state index contributed by atoms with van der Waals surface area (Å²) in [5.74, 6) is -1.13. The van der Waals surface area contributed by atoms with Gasteiger partial charge in [-0.25, -0.2) is 8.78 Å². The van der Waals surface area contributed by atoms with Crippen LogP contribution in [0.3, 0.4) is 0 Å². The fourth-order valence-corrected chi connectivity index (χ4v) is 2.70. The van der Waals surface area contributed by atoms with E-state index < -0.39 is 24.4 Å². The summed E-state index contributed by atoms with van der Waals surface area (Å²) < 4.78 is 28.2. The Morgan fingerprint density at radius 1 is 1.25 bits per heavy atom. The Morgan fingerprint density at radius 3 is 2.45 bits per heavy atom. The van der Waals surface area contributed by atoms with Crippen molar-refractivity contribution in [2.45, 2.75) is 45.0 Å². The number of carbonyl (C=O) groups is 2. The van der Waals surface area contributed by atoms with Crippen LogP contribution in [0.15, 0.2) is 0 Å². The summed E-state index contributed by atoms with van der Waals surface area (Å²) in [6.07, 6.45) is 1.04. The molecular formula is C13H21F2NO4. The van der Waals surface area contributed by atoms with Crippen LogP contribution >= 0.6 is 0 Å². The summed E-state index contributed by atoms with van der Waals surface area (Å²) in [5.41, 5.74) is -0.445. The SMILES string of the molecule is O=C(O)CC1(CC(=O)NCCOCC(F)F)CCCC1. The van der Waals surface area contributed by atoms with Crippen molar-refractivity contribution in [1.29, 1.82) is 0 Å². The highest BCUT2D eigenvalue weighted by Crippen LogP contribution is 2.43. The quantitative estimate of drug-likeness (QED) is 0.636. The normalized spacial score (nSPS) is 17.4. The Balaban J connectivity index is 2.27. The highest BCUT2D eigenvalue weighted by molar-refractivity contribution is 5.78. The van der Waals surface area contributed by atoms with Gasteiger partial charge >= 0.3 is 5.97 Å². The van der Waals surface area contributed by atoms with Gasteiger partial charge in [-0.2, -0.15) is 0 Å². The molecule has 0 heterocycles. The lowest BCUT2D eigenvalue weighted by Gasteiger charge is -2.26. The van der Waals surface area contributed by atoms with Gasteiger partial charge in [-0.05, 0) is 18.3 Å². The highest BCUT2D eigenvalue weighted by atomic mass is 19.3. The van der Waals surface area contributed by atoms with Crippen LogP contribution in [0.2, 0.25) is 0 Å². The third-order valence-corrected chi connectivity index (χ3v) is 3.54. The average Bonchev–Trinajstić information content (AvgIpc) is 2.75. The molecule has 1 amide bonds. The smallest absolute Gasteiger partial charge is 0.303 e. The van der Waals surface area contributed by atoms with Crippen molar-refractivity contribution in [3.8, 4) is 0 Å². The molecule has 1 aliphatic carbocycles. The van der Waals surface area contributed by atoms with E-state index >= 15 is 0 Å². The van der Waals surface area contributed by atoms with E-state index in [-0.39, 0.29) is 31.9 Å². The summed E-state index contributed by atoms with van der Waals surface area (Å²) in [4.78, 5) is 22.7. The second-order valence-electron chi connectivity index (χ2n) is 5.27. The number of aliphatic carboxylic acids is 1. The zero-order chi connectivity index (χ0) is 15.0. The minimum Gasteiger partial charge on any atom is -0.481 e. The minimum absolute atomic E-state index is 0.00228. The molecule has 0 aromatic rings. The van der Waals surface area contributed by atoms with Crippen molar-refractivity contribution >= 4 is 11.9 Å². The van der Waals surface area contributed by atoms with E-state index in [1.807, 2.05) is 0 Å². The largest absolute Gasteiger partial charge is 0.481 e. The number of hydrogen-bond acceptors (Lipinski definition) is 3. The van der Waals surface area contributed by atoms with Gasteiger partial charge in [0.15, 0.2) is 0 Å². The number of alkyl halides is 2. The fraction of sp³-hybridized carbons (Fsp3) is 0.846. The Kier molecular flexibility index (Phi) is 6.84. The topological polar surface area (TPSA) is 75.6 Å². The van der Waals surface area contributed by atoms with Gasteiger partial charge in [0.2, 0.25) is 5.91 Å². The number of nitrogens with one attached hydrogen (secondary N) is 1. The third-order valence-electron chi connectivity index (χ3n) is 3.54. The summed E-state index contributed by atoms with van der Waals surface area (Å²) in [5, 5.41) is 11.5. The molecular weight excluding hydrogens is 272 g/mol. The maximum absolute atomic E-state index is 11.8. The summed E-state index contributed by atoms with van der Waals surface area (Å²) in [6, 6.07) is 0. The number of ether oxygens (including phenoxy) is 1. The molecule has 2 N–H and O–H groups in total. The van der Waals surface area contributed by atoms with Gasteiger partial charge in [-0.15, -0.1) is 0 Å². The third kappa shape index (κ3) is 6.27. The zero-order valence-electron chi connectivity index (χ0n) is 11.4. The van der Waals surface area contributed by atoms with Gasteiger partial charge in [0.25, 0.3) is 6.43 Å². The first kappa shape index (κ1) is 16.8. The zero-order valence-corrected chi connectivity index (χ0v) is 11.4. The molecule has 5 nitrogen and oxygen atoms in total. The van der Waals surface area contributed by atoms with Crippen molar-refractivity contribution in [1.82, 2.24) is 5.32 Å². The first-order valence-electron chi connectivity index (χ1n) is 6.78. The molecule has 1 aliphatic rings. The molecule has 0 atom stereocenters. The number of rotatable bonds is 9. The molecule has 1 rings (SSSR count). The molecule has 0 unspecified atom stereocenters. The lowest BCUT2D eigenvalue weighted by atomic mass is 9.79. The van der Waals surface area contributed by atoms with Crippen molar-refractivity contribution in [2.75, 3.05) is 19.8 Å². The van der Waals surface area contributed by atoms with E-state index in [1.54, 1.807) is 0 Å². The summed E-state index contributed by atoms with van der Waals surface area (Å²) in [6.45, 7) is -0.449. The number of carboxylic acids is 1. The predicted octanol–water partition coefficient (Wildman–Crippen LogP) is 1.81. The standard InChI is InChI=1S/C13H21F2NO4/c14-10(15)9-20-6-5-16-11(17)7-13(8-12(18)19)3-1-2-4-13/h10H,1-9H2,(H,16,17)(H,18,19). The Hall–Kier alpha value is -1.24. The number of hydrogen-bond donors (Lipinski definition) is 2. The van der Waals surface area contributed by atoms with Crippen LogP contribution in [0.1, 0.15) is 38.5 Å². The van der Waals surface area contributed by atoms with Crippen molar-refractivity contribution in [2.24, 2.45) is 5.41 Å². The highest BCUT2D eigenvalue weighted by Gasteiger charge is 2.37. The monoisotopic (exact) mass is 293 g/mol. The van der Waals surface area contributed by atoms with Gasteiger partial charge in [-0.1, -0.05) is 12.8 Å². The maximum Gasteiger partial charge on any atom is 0.303 e. The number of carboxylic acid groups (broad SMARTS) is 1. The first-order valence-corrected chi connectivity index (χ1v) is 6.78. The van der Waals surface area contributed by atoms with Gasteiger partial charge in [0, 0.05) is 13.0 Å². The predicted molar refractivity (Wildman–Crippen MR) is 67.6 cm³/mol. The molecule has 0 radical (unpaired) electrons. The van der Waals surface area contributed by atoms with Crippen LogP contribution in [0.4, 0.5) is 8.78 Å². The molecule has 20 heavy (non-hydrogen) atoms. The first-order chi connectivity index (χ1) is 9.43. The Labute approximate surface area is 116 Å². The van der Waals surface area contributed by atoms with E-state index in [1.165, 1.54) is 0 Å². The maximum atomic E-state index is 11.8. The van der Waals surface area contributed by atoms with Crippen LogP contribution in [-0.2, 0) is 14.3 Å². The lowest BCUT2D eigenvalue weighted by Crippen LogP contribution is -2.33. The fourth-order valence-electron chi connectivity index (χ4n) is 2.70. The van der Waals surface area contributed by atoms with Crippen LogP contribution in [-0.4, -0.2) is 43.2 Å². The second kappa shape index (κ2) is 8.14. The molecule has 116 valence electrons. The lowest BCUT2D eigenvalue weighted by molar-refractivity contribution is -0.140. The molecule has 0 spiro atoms. The molecule has 0 aromatic carbocycles. The van der Waals surface area contributed by atoms with Crippen LogP contribution in [0, 0.1) is 5.41 Å².